The van der Waals surface area contributed by atoms with Gasteiger partial charge in [0.1, 0.15) is 11.3 Å². The molecule has 2 heterocycles. The van der Waals surface area contributed by atoms with Crippen LogP contribution in [0.15, 0.2) is 6.33 Å². The molecule has 90 valence electrons. The van der Waals surface area contributed by atoms with E-state index in [-0.39, 0.29) is 5.78 Å². The molecule has 0 atom stereocenters. The molecule has 2 aromatic heterocycles. The van der Waals surface area contributed by atoms with Gasteiger partial charge < -0.3 is 9.88 Å². The van der Waals surface area contributed by atoms with E-state index < -0.39 is 0 Å². The fourth-order valence-corrected chi connectivity index (χ4v) is 2.37. The second kappa shape index (κ2) is 4.62. The van der Waals surface area contributed by atoms with Crippen molar-refractivity contribution in [2.45, 2.75) is 20.4 Å². The van der Waals surface area contributed by atoms with Crippen LogP contribution in [0.4, 0.5) is 5.00 Å². The molecular weight excluding hydrogens is 238 g/mol. The number of nitrogens with one attached hydrogen (secondary N) is 1. The lowest BCUT2D eigenvalue weighted by atomic mass is 10.2. The third kappa shape index (κ3) is 2.33. The number of hydrogen-bond acceptors (Lipinski definition) is 6. The highest BCUT2D eigenvalue weighted by Crippen LogP contribution is 2.25. The molecule has 1 N–H and O–H groups in total. The minimum atomic E-state index is 0.0247. The summed E-state index contributed by atoms with van der Waals surface area (Å²) in [6.45, 7) is 3.91. The Balaban J connectivity index is 2.15. The van der Waals surface area contributed by atoms with Gasteiger partial charge in [-0.05, 0) is 25.4 Å². The largest absolute Gasteiger partial charge is 0.368 e. The van der Waals surface area contributed by atoms with Crippen LogP contribution in [0.5, 0.6) is 0 Å². The van der Waals surface area contributed by atoms with Crippen LogP contribution < -0.4 is 5.32 Å². The van der Waals surface area contributed by atoms with Crippen molar-refractivity contribution in [2.24, 2.45) is 7.05 Å². The van der Waals surface area contributed by atoms with Gasteiger partial charge >= 0.3 is 0 Å². The van der Waals surface area contributed by atoms with E-state index in [1.807, 2.05) is 18.5 Å². The molecule has 0 unspecified atom stereocenters. The highest BCUT2D eigenvalue weighted by atomic mass is 32.1. The van der Waals surface area contributed by atoms with Gasteiger partial charge in [-0.1, -0.05) is 0 Å². The lowest BCUT2D eigenvalue weighted by molar-refractivity contribution is 0.101. The third-order valence-corrected chi connectivity index (χ3v) is 3.32. The Morgan fingerprint density at radius 3 is 2.94 bits per heavy atom. The highest BCUT2D eigenvalue weighted by Gasteiger charge is 2.14. The fourth-order valence-electron chi connectivity index (χ4n) is 1.53. The maximum Gasteiger partial charge on any atom is 0.164 e. The van der Waals surface area contributed by atoms with E-state index in [4.69, 9.17) is 0 Å². The van der Waals surface area contributed by atoms with Gasteiger partial charge in [0, 0.05) is 7.05 Å². The molecule has 0 spiro atoms. The lowest BCUT2D eigenvalue weighted by Crippen LogP contribution is -2.07. The second-order valence-corrected chi connectivity index (χ2v) is 4.51. The van der Waals surface area contributed by atoms with Gasteiger partial charge in [-0.2, -0.15) is 4.37 Å². The molecule has 2 rings (SSSR count). The second-order valence-electron chi connectivity index (χ2n) is 3.74. The zero-order valence-electron chi connectivity index (χ0n) is 9.89. The van der Waals surface area contributed by atoms with Crippen LogP contribution in [0.25, 0.3) is 0 Å². The number of aromatic nitrogens is 4. The molecule has 0 saturated heterocycles. The number of hydrogen-bond donors (Lipinski definition) is 1. The summed E-state index contributed by atoms with van der Waals surface area (Å²) in [5.41, 5.74) is 1.43. The van der Waals surface area contributed by atoms with E-state index in [9.17, 15) is 4.79 Å². The maximum atomic E-state index is 11.5. The van der Waals surface area contributed by atoms with Gasteiger partial charge in [0.05, 0.1) is 17.8 Å². The van der Waals surface area contributed by atoms with Crippen molar-refractivity contribution in [3.63, 3.8) is 0 Å². The SMILES string of the molecule is CC(=O)c1c(C)nsc1NCc1nncn1C. The predicted molar refractivity (Wildman–Crippen MR) is 65.2 cm³/mol. The lowest BCUT2D eigenvalue weighted by Gasteiger charge is -2.04. The molecule has 0 saturated carbocycles. The molecule has 6 nitrogen and oxygen atoms in total. The molecular formula is C10H13N5OS. The summed E-state index contributed by atoms with van der Waals surface area (Å²) >= 11 is 1.29. The van der Waals surface area contributed by atoms with E-state index in [1.165, 1.54) is 11.5 Å². The first-order valence-corrected chi connectivity index (χ1v) is 5.91. The molecule has 0 aliphatic heterocycles. The van der Waals surface area contributed by atoms with Crippen molar-refractivity contribution in [3.8, 4) is 0 Å². The summed E-state index contributed by atoms with van der Waals surface area (Å²) in [5, 5.41) is 11.7. The van der Waals surface area contributed by atoms with Crippen molar-refractivity contribution in [3.05, 3.63) is 23.4 Å². The van der Waals surface area contributed by atoms with Gasteiger partial charge in [-0.3, -0.25) is 4.79 Å². The summed E-state index contributed by atoms with van der Waals surface area (Å²) in [4.78, 5) is 11.5. The van der Waals surface area contributed by atoms with Gasteiger partial charge in [-0.25, -0.2) is 0 Å². The standard InChI is InChI=1S/C10H13N5OS/c1-6-9(7(2)16)10(17-14-6)11-4-8-13-12-5-15(8)3/h5,11H,4H2,1-3H3. The van der Waals surface area contributed by atoms with Crippen LogP contribution in [0.1, 0.15) is 28.8 Å². The fraction of sp³-hybridized carbons (Fsp3) is 0.400. The number of carbonyl (C=O) groups is 1. The Morgan fingerprint density at radius 1 is 1.59 bits per heavy atom. The first-order chi connectivity index (χ1) is 8.09. The molecule has 0 amide bonds. The number of aryl methyl sites for hydroxylation is 2. The van der Waals surface area contributed by atoms with Crippen LogP contribution in [0, 0.1) is 6.92 Å². The van der Waals surface area contributed by atoms with E-state index in [0.717, 1.165) is 16.5 Å². The highest BCUT2D eigenvalue weighted by molar-refractivity contribution is 7.10. The van der Waals surface area contributed by atoms with Crippen molar-refractivity contribution >= 4 is 22.3 Å². The molecule has 0 fully saturated rings. The Hall–Kier alpha value is -1.76. The van der Waals surface area contributed by atoms with Gasteiger partial charge in [0.15, 0.2) is 11.6 Å². The third-order valence-electron chi connectivity index (χ3n) is 2.43. The van der Waals surface area contributed by atoms with Crippen molar-refractivity contribution in [1.82, 2.24) is 19.1 Å². The normalized spacial score (nSPS) is 10.5. The zero-order valence-corrected chi connectivity index (χ0v) is 10.7. The number of Topliss-reactive ketones (excluding diaryl/α,β-unsaturated/α-hetero) is 1. The quantitative estimate of drug-likeness (QED) is 0.831. The van der Waals surface area contributed by atoms with E-state index in [2.05, 4.69) is 19.9 Å². The maximum absolute atomic E-state index is 11.5. The van der Waals surface area contributed by atoms with Crippen molar-refractivity contribution < 1.29 is 4.79 Å². The van der Waals surface area contributed by atoms with Gasteiger partial charge in [0.2, 0.25) is 0 Å². The van der Waals surface area contributed by atoms with Crippen molar-refractivity contribution in [2.75, 3.05) is 5.32 Å². The summed E-state index contributed by atoms with van der Waals surface area (Å²) in [6, 6.07) is 0. The van der Waals surface area contributed by atoms with Crippen LogP contribution in [0.2, 0.25) is 0 Å². The molecule has 0 bridgehead atoms. The Morgan fingerprint density at radius 2 is 2.35 bits per heavy atom. The van der Waals surface area contributed by atoms with E-state index >= 15 is 0 Å². The monoisotopic (exact) mass is 251 g/mol. The molecule has 7 heteroatoms. The van der Waals surface area contributed by atoms with E-state index in [1.54, 1.807) is 13.3 Å². The van der Waals surface area contributed by atoms with Crippen LogP contribution >= 0.6 is 11.5 Å². The smallest absolute Gasteiger partial charge is 0.164 e. The van der Waals surface area contributed by atoms with Gasteiger partial charge in [0.25, 0.3) is 0 Å². The zero-order chi connectivity index (χ0) is 12.4. The Labute approximate surface area is 103 Å². The summed E-state index contributed by atoms with van der Waals surface area (Å²) < 4.78 is 6.00. The molecule has 17 heavy (non-hydrogen) atoms. The summed E-state index contributed by atoms with van der Waals surface area (Å²) in [7, 11) is 1.88. The van der Waals surface area contributed by atoms with Crippen molar-refractivity contribution in [1.29, 1.82) is 0 Å². The molecule has 2 aromatic rings. The summed E-state index contributed by atoms with van der Waals surface area (Å²) in [6.07, 6.45) is 1.64. The number of ketones is 1. The molecule has 0 aliphatic rings. The minimum Gasteiger partial charge on any atom is -0.368 e. The average molecular weight is 251 g/mol. The Kier molecular flexibility index (Phi) is 3.19. The van der Waals surface area contributed by atoms with E-state index in [0.29, 0.717) is 12.1 Å². The number of anilines is 1. The van der Waals surface area contributed by atoms with Crippen LogP contribution in [0.3, 0.4) is 0 Å². The first-order valence-electron chi connectivity index (χ1n) is 5.13. The number of carbonyl (C=O) groups excluding carboxylic acids is 1. The first kappa shape index (κ1) is 11.7. The molecule has 0 radical (unpaired) electrons. The van der Waals surface area contributed by atoms with Crippen LogP contribution in [-0.2, 0) is 13.6 Å². The average Bonchev–Trinajstić information content (AvgIpc) is 2.82. The number of nitrogens with zero attached hydrogens (tertiary/aromatic N) is 4. The molecule has 0 aliphatic carbocycles. The predicted octanol–water partition coefficient (Wildman–Crippen LogP) is 1.39. The topological polar surface area (TPSA) is 72.7 Å². The summed E-state index contributed by atoms with van der Waals surface area (Å²) in [5.74, 6) is 0.835. The Bertz CT molecular complexity index is 545. The minimum absolute atomic E-state index is 0.0247. The number of rotatable bonds is 4. The molecule has 0 aromatic carbocycles. The van der Waals surface area contributed by atoms with Crippen LogP contribution in [-0.4, -0.2) is 24.9 Å². The van der Waals surface area contributed by atoms with Gasteiger partial charge in [-0.15, -0.1) is 10.2 Å².